The van der Waals surface area contributed by atoms with E-state index in [1.54, 1.807) is 0 Å². The summed E-state index contributed by atoms with van der Waals surface area (Å²) in [6, 6.07) is 8.25. The molecule has 2 unspecified atom stereocenters. The number of rotatable bonds is 4. The fourth-order valence-electron chi connectivity index (χ4n) is 3.28. The predicted molar refractivity (Wildman–Crippen MR) is 85.4 cm³/mol. The highest BCUT2D eigenvalue weighted by molar-refractivity contribution is 6.18. The number of hydrogen-bond donors (Lipinski definition) is 1. The van der Waals surface area contributed by atoms with Gasteiger partial charge < -0.3 is 9.88 Å². The molecule has 108 valence electrons. The van der Waals surface area contributed by atoms with Crippen molar-refractivity contribution in [3.05, 3.63) is 24.3 Å². The average Bonchev–Trinajstić information content (AvgIpc) is 2.82. The Balaban J connectivity index is 1.71. The number of aryl methyl sites for hydroxylation is 1. The highest BCUT2D eigenvalue weighted by atomic mass is 35.5. The molecule has 1 aliphatic carbocycles. The van der Waals surface area contributed by atoms with Gasteiger partial charge in [-0.2, -0.15) is 0 Å². The molecule has 1 heterocycles. The number of alkyl halides is 1. The highest BCUT2D eigenvalue weighted by Gasteiger charge is 2.24. The van der Waals surface area contributed by atoms with Crippen molar-refractivity contribution in [2.45, 2.75) is 25.7 Å². The number of halogens is 1. The van der Waals surface area contributed by atoms with Crippen molar-refractivity contribution in [1.82, 2.24) is 9.55 Å². The number of nitrogens with one attached hydrogen (secondary N) is 1. The number of benzene rings is 1. The largest absolute Gasteiger partial charge is 0.355 e. The Morgan fingerprint density at radius 1 is 1.25 bits per heavy atom. The van der Waals surface area contributed by atoms with Crippen molar-refractivity contribution < 1.29 is 0 Å². The Labute approximate surface area is 125 Å². The monoisotopic (exact) mass is 291 g/mol. The molecule has 0 amide bonds. The van der Waals surface area contributed by atoms with Crippen LogP contribution in [0.5, 0.6) is 0 Å². The average molecular weight is 292 g/mol. The van der Waals surface area contributed by atoms with E-state index in [9.17, 15) is 0 Å². The van der Waals surface area contributed by atoms with Crippen LogP contribution in [0.2, 0.25) is 0 Å². The molecule has 2 atom stereocenters. The number of aromatic nitrogens is 2. The van der Waals surface area contributed by atoms with Gasteiger partial charge in [-0.1, -0.05) is 25.0 Å². The third-order valence-corrected chi connectivity index (χ3v) is 4.97. The van der Waals surface area contributed by atoms with Crippen LogP contribution in [-0.2, 0) is 7.05 Å². The summed E-state index contributed by atoms with van der Waals surface area (Å²) >= 11 is 6.10. The minimum absolute atomic E-state index is 0.660. The number of imidazole rings is 1. The molecule has 0 bridgehead atoms. The van der Waals surface area contributed by atoms with Gasteiger partial charge in [-0.25, -0.2) is 4.98 Å². The molecule has 1 aromatic heterocycles. The van der Waals surface area contributed by atoms with Crippen molar-refractivity contribution >= 4 is 28.6 Å². The van der Waals surface area contributed by atoms with E-state index in [4.69, 9.17) is 11.6 Å². The number of para-hydroxylation sites is 2. The van der Waals surface area contributed by atoms with Crippen LogP contribution >= 0.6 is 11.6 Å². The molecule has 1 aliphatic rings. The normalized spacial score (nSPS) is 23.1. The fourth-order valence-corrected chi connectivity index (χ4v) is 3.69. The van der Waals surface area contributed by atoms with Gasteiger partial charge in [0.25, 0.3) is 0 Å². The molecule has 0 spiro atoms. The molecule has 0 saturated heterocycles. The summed E-state index contributed by atoms with van der Waals surface area (Å²) in [6.45, 7) is 0.981. The van der Waals surface area contributed by atoms with E-state index in [1.165, 1.54) is 31.2 Å². The van der Waals surface area contributed by atoms with Gasteiger partial charge in [0.2, 0.25) is 5.95 Å². The molecule has 1 aromatic carbocycles. The van der Waals surface area contributed by atoms with Gasteiger partial charge in [0.1, 0.15) is 0 Å². The van der Waals surface area contributed by atoms with E-state index < -0.39 is 0 Å². The number of nitrogens with zero attached hydrogens (tertiary/aromatic N) is 2. The van der Waals surface area contributed by atoms with Crippen molar-refractivity contribution in [3.8, 4) is 0 Å². The first-order valence-corrected chi connectivity index (χ1v) is 8.04. The maximum Gasteiger partial charge on any atom is 0.203 e. The first-order chi connectivity index (χ1) is 9.79. The van der Waals surface area contributed by atoms with Gasteiger partial charge in [0, 0.05) is 19.5 Å². The lowest BCUT2D eigenvalue weighted by atomic mass is 9.80. The zero-order valence-electron chi connectivity index (χ0n) is 12.0. The van der Waals surface area contributed by atoms with Gasteiger partial charge in [-0.05, 0) is 36.8 Å². The van der Waals surface area contributed by atoms with E-state index >= 15 is 0 Å². The zero-order chi connectivity index (χ0) is 13.9. The Morgan fingerprint density at radius 3 is 2.75 bits per heavy atom. The van der Waals surface area contributed by atoms with Gasteiger partial charge in [-0.15, -0.1) is 11.6 Å². The SMILES string of the molecule is Cn1c(NCC2CCCCC2CCl)nc2ccccc21. The molecule has 2 aromatic rings. The summed E-state index contributed by atoms with van der Waals surface area (Å²) in [4.78, 5) is 4.67. The smallest absolute Gasteiger partial charge is 0.203 e. The lowest BCUT2D eigenvalue weighted by Gasteiger charge is -2.30. The van der Waals surface area contributed by atoms with Crippen molar-refractivity contribution in [1.29, 1.82) is 0 Å². The van der Waals surface area contributed by atoms with E-state index in [1.807, 2.05) is 6.07 Å². The Morgan fingerprint density at radius 2 is 2.00 bits per heavy atom. The van der Waals surface area contributed by atoms with Crippen LogP contribution < -0.4 is 5.32 Å². The number of fused-ring (bicyclic) bond motifs is 1. The molecule has 1 N–H and O–H groups in total. The molecule has 3 rings (SSSR count). The minimum Gasteiger partial charge on any atom is -0.355 e. The maximum absolute atomic E-state index is 6.10. The summed E-state index contributed by atoms with van der Waals surface area (Å²) in [6.07, 6.45) is 5.23. The fraction of sp³-hybridized carbons (Fsp3) is 0.562. The molecule has 0 aliphatic heterocycles. The number of hydrogen-bond acceptors (Lipinski definition) is 2. The van der Waals surface area contributed by atoms with Crippen LogP contribution in [-0.4, -0.2) is 22.0 Å². The van der Waals surface area contributed by atoms with Crippen LogP contribution in [0.3, 0.4) is 0 Å². The van der Waals surface area contributed by atoms with Gasteiger partial charge >= 0.3 is 0 Å². The summed E-state index contributed by atoms with van der Waals surface area (Å²) in [5, 5.41) is 3.53. The first-order valence-electron chi connectivity index (χ1n) is 7.51. The molecule has 3 nitrogen and oxygen atoms in total. The van der Waals surface area contributed by atoms with Gasteiger partial charge in [0.15, 0.2) is 0 Å². The second kappa shape index (κ2) is 6.04. The maximum atomic E-state index is 6.10. The quantitative estimate of drug-likeness (QED) is 0.862. The van der Waals surface area contributed by atoms with E-state index in [0.29, 0.717) is 11.8 Å². The number of anilines is 1. The minimum atomic E-state index is 0.660. The first kappa shape index (κ1) is 13.7. The molecule has 1 fully saturated rings. The lowest BCUT2D eigenvalue weighted by molar-refractivity contribution is 0.271. The van der Waals surface area contributed by atoms with E-state index in [2.05, 4.69) is 40.1 Å². The van der Waals surface area contributed by atoms with Gasteiger partial charge in [0.05, 0.1) is 11.0 Å². The Hall–Kier alpha value is -1.22. The Kier molecular flexibility index (Phi) is 4.16. The highest BCUT2D eigenvalue weighted by Crippen LogP contribution is 2.31. The van der Waals surface area contributed by atoms with E-state index in [-0.39, 0.29) is 0 Å². The van der Waals surface area contributed by atoms with Crippen LogP contribution in [0.4, 0.5) is 5.95 Å². The van der Waals surface area contributed by atoms with Gasteiger partial charge in [-0.3, -0.25) is 0 Å². The third kappa shape index (κ3) is 2.64. The summed E-state index contributed by atoms with van der Waals surface area (Å²) in [5.74, 6) is 3.09. The molecular weight excluding hydrogens is 270 g/mol. The topological polar surface area (TPSA) is 29.9 Å². The second-order valence-corrected chi connectivity index (χ2v) is 6.13. The van der Waals surface area contributed by atoms with Crippen LogP contribution in [0.1, 0.15) is 25.7 Å². The van der Waals surface area contributed by atoms with Crippen molar-refractivity contribution in [3.63, 3.8) is 0 Å². The molecule has 1 saturated carbocycles. The molecule has 4 heteroatoms. The zero-order valence-corrected chi connectivity index (χ0v) is 12.7. The van der Waals surface area contributed by atoms with Crippen LogP contribution in [0, 0.1) is 11.8 Å². The van der Waals surface area contributed by atoms with Crippen LogP contribution in [0.15, 0.2) is 24.3 Å². The lowest BCUT2D eigenvalue weighted by Crippen LogP contribution is -2.28. The molecule has 0 radical (unpaired) electrons. The third-order valence-electron chi connectivity index (χ3n) is 4.57. The van der Waals surface area contributed by atoms with Crippen LogP contribution in [0.25, 0.3) is 11.0 Å². The molecular formula is C16H22ClN3. The molecule has 20 heavy (non-hydrogen) atoms. The predicted octanol–water partition coefficient (Wildman–Crippen LogP) is 4.03. The van der Waals surface area contributed by atoms with Crippen molar-refractivity contribution in [2.24, 2.45) is 18.9 Å². The summed E-state index contributed by atoms with van der Waals surface area (Å²) in [7, 11) is 2.07. The van der Waals surface area contributed by atoms with E-state index in [0.717, 1.165) is 23.9 Å². The summed E-state index contributed by atoms with van der Waals surface area (Å²) < 4.78 is 2.13. The summed E-state index contributed by atoms with van der Waals surface area (Å²) in [5.41, 5.74) is 2.22. The van der Waals surface area contributed by atoms with Crippen molar-refractivity contribution in [2.75, 3.05) is 17.7 Å². The standard InChI is InChI=1S/C16H22ClN3/c1-20-15-9-5-4-8-14(15)19-16(20)18-11-13-7-3-2-6-12(13)10-17/h4-5,8-9,12-13H,2-3,6-7,10-11H2,1H3,(H,18,19). The second-order valence-electron chi connectivity index (χ2n) is 5.82. The Bertz CT molecular complexity index is 578.